The third-order valence-electron chi connectivity index (χ3n) is 7.70. The van der Waals surface area contributed by atoms with Gasteiger partial charge in [-0.05, 0) is 44.0 Å². The van der Waals surface area contributed by atoms with Crippen LogP contribution < -0.4 is 20.7 Å². The Bertz CT molecular complexity index is 1170. The number of benzene rings is 2. The highest BCUT2D eigenvalue weighted by molar-refractivity contribution is 6.04. The van der Waals surface area contributed by atoms with E-state index in [2.05, 4.69) is 16.0 Å². The number of carbonyl (C=O) groups excluding carboxylic acids is 3. The van der Waals surface area contributed by atoms with Gasteiger partial charge in [-0.1, -0.05) is 50.5 Å². The number of anilines is 2. The quantitative estimate of drug-likeness (QED) is 0.403. The Labute approximate surface area is 236 Å². The van der Waals surface area contributed by atoms with Crippen LogP contribution in [0.3, 0.4) is 0 Å². The Morgan fingerprint density at radius 3 is 2.50 bits per heavy atom. The van der Waals surface area contributed by atoms with Crippen molar-refractivity contribution in [1.82, 2.24) is 15.1 Å². The second-order valence-corrected chi connectivity index (χ2v) is 10.9. The molecule has 4 rings (SSSR count). The Hall–Kier alpha value is -3.79. The van der Waals surface area contributed by atoms with Crippen molar-refractivity contribution < 1.29 is 24.2 Å². The molecule has 4 N–H and O–H groups in total. The fraction of sp³-hybridized carbons (Fsp3) is 0.500. The molecule has 2 aromatic rings. The highest BCUT2D eigenvalue weighted by Crippen LogP contribution is 2.35. The normalized spacial score (nSPS) is 20.3. The first-order valence-corrected chi connectivity index (χ1v) is 14.1. The third kappa shape index (κ3) is 7.24. The molecule has 216 valence electrons. The molecule has 10 heteroatoms. The molecule has 2 aromatic carbocycles. The maximum Gasteiger partial charge on any atom is 0.323 e. The zero-order valence-electron chi connectivity index (χ0n) is 23.6. The van der Waals surface area contributed by atoms with E-state index in [-0.39, 0.29) is 48.4 Å². The molecule has 0 aromatic heterocycles. The van der Waals surface area contributed by atoms with Gasteiger partial charge in [-0.2, -0.15) is 0 Å². The number of nitrogens with zero attached hydrogens (tertiary/aromatic N) is 2. The van der Waals surface area contributed by atoms with Crippen molar-refractivity contribution in [3.8, 4) is 5.75 Å². The number of fused-ring (bicyclic) bond motifs is 1. The summed E-state index contributed by atoms with van der Waals surface area (Å²) in [6, 6.07) is 13.2. The van der Waals surface area contributed by atoms with Gasteiger partial charge in [0.15, 0.2) is 5.75 Å². The molecular formula is C30H41N5O5. The van der Waals surface area contributed by atoms with Crippen LogP contribution in [0.1, 0.15) is 56.3 Å². The van der Waals surface area contributed by atoms with Gasteiger partial charge >= 0.3 is 12.1 Å². The zero-order valence-corrected chi connectivity index (χ0v) is 23.6. The molecular weight excluding hydrogens is 510 g/mol. The Kier molecular flexibility index (Phi) is 9.87. The zero-order chi connectivity index (χ0) is 28.6. The molecule has 3 atom stereocenters. The predicted molar refractivity (Wildman–Crippen MR) is 155 cm³/mol. The molecule has 5 amide bonds. The topological polar surface area (TPSA) is 123 Å². The van der Waals surface area contributed by atoms with Gasteiger partial charge in [0.25, 0.3) is 5.91 Å². The summed E-state index contributed by atoms with van der Waals surface area (Å²) in [4.78, 5) is 42.8. The highest BCUT2D eigenvalue weighted by atomic mass is 16.5. The van der Waals surface area contributed by atoms with Gasteiger partial charge in [0.05, 0.1) is 30.4 Å². The SMILES string of the molecule is C[C@H]1CN([C@@H](C)CO)C(=O)c2cccc(NC(=O)Nc3ccccc3)c2O[C@@H]1CN(C)C(=O)NC1CCCCC1. The lowest BCUT2D eigenvalue weighted by Crippen LogP contribution is -2.52. The number of amides is 5. The Balaban J connectivity index is 1.59. The van der Waals surface area contributed by atoms with E-state index in [1.165, 1.54) is 6.42 Å². The summed E-state index contributed by atoms with van der Waals surface area (Å²) in [5.41, 5.74) is 1.24. The van der Waals surface area contributed by atoms with Gasteiger partial charge in [0.2, 0.25) is 0 Å². The van der Waals surface area contributed by atoms with Crippen LogP contribution >= 0.6 is 0 Å². The minimum absolute atomic E-state index is 0.157. The number of nitrogens with one attached hydrogen (secondary N) is 3. The van der Waals surface area contributed by atoms with Crippen molar-refractivity contribution in [1.29, 1.82) is 0 Å². The van der Waals surface area contributed by atoms with E-state index < -0.39 is 18.2 Å². The van der Waals surface area contributed by atoms with Crippen LogP contribution in [-0.2, 0) is 0 Å². The van der Waals surface area contributed by atoms with E-state index in [4.69, 9.17) is 4.74 Å². The van der Waals surface area contributed by atoms with Crippen LogP contribution in [0, 0.1) is 5.92 Å². The van der Waals surface area contributed by atoms with Crippen LogP contribution in [0.4, 0.5) is 21.0 Å². The Morgan fingerprint density at radius 2 is 1.80 bits per heavy atom. The first-order valence-electron chi connectivity index (χ1n) is 14.1. The van der Waals surface area contributed by atoms with E-state index in [1.807, 2.05) is 25.1 Å². The van der Waals surface area contributed by atoms with Crippen molar-refractivity contribution in [3.05, 3.63) is 54.1 Å². The van der Waals surface area contributed by atoms with Crippen LogP contribution in [0.2, 0.25) is 0 Å². The summed E-state index contributed by atoms with van der Waals surface area (Å²) >= 11 is 0. The van der Waals surface area contributed by atoms with Crippen LogP contribution in [0.25, 0.3) is 0 Å². The van der Waals surface area contributed by atoms with Crippen molar-refractivity contribution in [2.45, 2.75) is 64.1 Å². The number of likely N-dealkylation sites (N-methyl/N-ethyl adjacent to an activating group) is 1. The van der Waals surface area contributed by atoms with E-state index in [1.54, 1.807) is 54.1 Å². The molecule has 1 fully saturated rings. The van der Waals surface area contributed by atoms with E-state index in [9.17, 15) is 19.5 Å². The number of para-hydroxylation sites is 2. The minimum Gasteiger partial charge on any atom is -0.485 e. The van der Waals surface area contributed by atoms with E-state index >= 15 is 0 Å². The number of hydrogen-bond acceptors (Lipinski definition) is 5. The van der Waals surface area contributed by atoms with Gasteiger partial charge in [0.1, 0.15) is 6.10 Å². The molecule has 40 heavy (non-hydrogen) atoms. The number of rotatable bonds is 7. The predicted octanol–water partition coefficient (Wildman–Crippen LogP) is 4.52. The van der Waals surface area contributed by atoms with E-state index in [0.29, 0.717) is 17.9 Å². The molecule has 0 spiro atoms. The molecule has 0 bridgehead atoms. The van der Waals surface area contributed by atoms with Crippen molar-refractivity contribution in [2.75, 3.05) is 37.4 Å². The third-order valence-corrected chi connectivity index (χ3v) is 7.70. The maximum atomic E-state index is 13.7. The molecule has 0 saturated heterocycles. The number of aliphatic hydroxyl groups is 1. The number of ether oxygens (including phenoxy) is 1. The van der Waals surface area contributed by atoms with Gasteiger partial charge in [0, 0.05) is 31.2 Å². The van der Waals surface area contributed by atoms with Crippen LogP contribution in [0.5, 0.6) is 5.75 Å². The summed E-state index contributed by atoms with van der Waals surface area (Å²) in [6.07, 6.45) is 4.93. The first kappa shape index (κ1) is 29.2. The Morgan fingerprint density at radius 1 is 1.07 bits per heavy atom. The van der Waals surface area contributed by atoms with Crippen molar-refractivity contribution in [2.24, 2.45) is 5.92 Å². The number of urea groups is 2. The standard InChI is InChI=1S/C30H41N5O5/c1-20-17-35(21(2)19-36)28(37)24-15-10-16-25(33-29(38)31-22-11-6-4-7-12-22)27(24)40-26(20)18-34(3)30(39)32-23-13-8-5-9-14-23/h4,6-7,10-12,15-16,20-21,23,26,36H,5,8-9,13-14,17-19H2,1-3H3,(H,32,39)(H2,31,33,38)/t20-,21-,26+/m0/s1. The fourth-order valence-electron chi connectivity index (χ4n) is 5.25. The van der Waals surface area contributed by atoms with Gasteiger partial charge < -0.3 is 35.6 Å². The molecule has 1 saturated carbocycles. The first-order chi connectivity index (χ1) is 19.3. The van der Waals surface area contributed by atoms with Crippen molar-refractivity contribution in [3.63, 3.8) is 0 Å². The lowest BCUT2D eigenvalue weighted by Gasteiger charge is -2.38. The summed E-state index contributed by atoms with van der Waals surface area (Å²) in [5, 5.41) is 18.7. The number of hydrogen-bond donors (Lipinski definition) is 4. The monoisotopic (exact) mass is 551 g/mol. The number of carbonyl (C=O) groups is 3. The molecule has 2 aliphatic rings. The molecule has 0 radical (unpaired) electrons. The maximum absolute atomic E-state index is 13.7. The van der Waals surface area contributed by atoms with Gasteiger partial charge in [-0.25, -0.2) is 9.59 Å². The van der Waals surface area contributed by atoms with Gasteiger partial charge in [-0.3, -0.25) is 4.79 Å². The van der Waals surface area contributed by atoms with E-state index in [0.717, 1.165) is 25.7 Å². The minimum atomic E-state index is -0.484. The lowest BCUT2D eigenvalue weighted by atomic mass is 9.96. The summed E-state index contributed by atoms with van der Waals surface area (Å²) in [5.74, 6) is -0.233. The average Bonchev–Trinajstić information content (AvgIpc) is 2.95. The van der Waals surface area contributed by atoms with Gasteiger partial charge in [-0.15, -0.1) is 0 Å². The summed E-state index contributed by atoms with van der Waals surface area (Å²) in [7, 11) is 1.74. The molecule has 1 aliphatic heterocycles. The highest BCUT2D eigenvalue weighted by Gasteiger charge is 2.35. The summed E-state index contributed by atoms with van der Waals surface area (Å²) in [6.45, 7) is 4.18. The largest absolute Gasteiger partial charge is 0.485 e. The van der Waals surface area contributed by atoms with Crippen molar-refractivity contribution >= 4 is 29.3 Å². The second-order valence-electron chi connectivity index (χ2n) is 10.9. The second kappa shape index (κ2) is 13.5. The lowest BCUT2D eigenvalue weighted by molar-refractivity contribution is 0.0368. The molecule has 1 heterocycles. The number of aliphatic hydroxyl groups excluding tert-OH is 1. The van der Waals surface area contributed by atoms with Crippen LogP contribution in [0.15, 0.2) is 48.5 Å². The summed E-state index contributed by atoms with van der Waals surface area (Å²) < 4.78 is 6.50. The van der Waals surface area contributed by atoms with Crippen LogP contribution in [-0.4, -0.2) is 77.8 Å². The molecule has 0 unspecified atom stereocenters. The fourth-order valence-corrected chi connectivity index (χ4v) is 5.25. The smallest absolute Gasteiger partial charge is 0.323 e. The average molecular weight is 552 g/mol. The molecule has 1 aliphatic carbocycles. The molecule has 10 nitrogen and oxygen atoms in total.